The summed E-state index contributed by atoms with van der Waals surface area (Å²) in [6.07, 6.45) is 3.37. The van der Waals surface area contributed by atoms with Crippen LogP contribution in [0.1, 0.15) is 40.4 Å². The number of sulfone groups is 1. The molecule has 0 aliphatic carbocycles. The Morgan fingerprint density at radius 3 is 2.18 bits per heavy atom. The van der Waals surface area contributed by atoms with Gasteiger partial charge in [0.05, 0.1) is 26.2 Å². The minimum atomic E-state index is -3.20. The molecule has 0 spiro atoms. The highest BCUT2D eigenvalue weighted by molar-refractivity contribution is 7.90. The molecule has 3 N–H and O–H groups in total. The van der Waals surface area contributed by atoms with Crippen molar-refractivity contribution in [3.8, 4) is 11.5 Å². The second kappa shape index (κ2) is 14.8. The summed E-state index contributed by atoms with van der Waals surface area (Å²) in [6.45, 7) is 2.17. The number of ether oxygens (including phenoxy) is 3. The van der Waals surface area contributed by atoms with E-state index in [4.69, 9.17) is 9.47 Å². The molecule has 1 atom stereocenters. The number of methoxy groups -OCH3 is 3. The van der Waals surface area contributed by atoms with E-state index in [1.807, 2.05) is 35.2 Å². The Bertz CT molecular complexity index is 1640. The lowest BCUT2D eigenvalue weighted by Gasteiger charge is -2.26. The number of benzene rings is 3. The summed E-state index contributed by atoms with van der Waals surface area (Å²) in [5, 5.41) is 8.65. The number of amides is 3. The van der Waals surface area contributed by atoms with Gasteiger partial charge in [-0.15, -0.1) is 0 Å². The summed E-state index contributed by atoms with van der Waals surface area (Å²) in [5.41, 5.74) is 3.68. The van der Waals surface area contributed by atoms with Gasteiger partial charge >= 0.3 is 6.09 Å². The van der Waals surface area contributed by atoms with Crippen molar-refractivity contribution in [1.82, 2.24) is 10.2 Å². The number of nitrogens with zero attached hydrogens (tertiary/aromatic N) is 1. The van der Waals surface area contributed by atoms with E-state index < -0.39 is 22.0 Å². The fraction of sp³-hybridized carbons (Fsp3) is 0.344. The Morgan fingerprint density at radius 1 is 0.889 bits per heavy atom. The highest BCUT2D eigenvalue weighted by Gasteiger charge is 2.29. The Kier molecular flexibility index (Phi) is 10.9. The fourth-order valence-electron chi connectivity index (χ4n) is 5.06. The summed E-state index contributed by atoms with van der Waals surface area (Å²) >= 11 is 0. The van der Waals surface area contributed by atoms with E-state index in [1.165, 1.54) is 31.4 Å². The maximum atomic E-state index is 13.4. The number of carbonyl (C=O) groups is 3. The van der Waals surface area contributed by atoms with Gasteiger partial charge < -0.3 is 29.7 Å². The van der Waals surface area contributed by atoms with Crippen LogP contribution in [0, 0.1) is 0 Å². The molecule has 0 aromatic heterocycles. The highest BCUT2D eigenvalue weighted by atomic mass is 32.2. The Hall–Kier alpha value is -4.78. The van der Waals surface area contributed by atoms with Gasteiger partial charge in [0.2, 0.25) is 5.91 Å². The quantitative estimate of drug-likeness (QED) is 0.332. The molecule has 3 aromatic rings. The molecule has 2 heterocycles. The van der Waals surface area contributed by atoms with Gasteiger partial charge in [-0.2, -0.15) is 0 Å². The van der Waals surface area contributed by atoms with Crippen molar-refractivity contribution in [3.63, 3.8) is 0 Å². The predicted molar refractivity (Wildman–Crippen MR) is 170 cm³/mol. The van der Waals surface area contributed by atoms with Crippen LogP contribution in [0.2, 0.25) is 0 Å². The van der Waals surface area contributed by atoms with Gasteiger partial charge in [-0.1, -0.05) is 12.1 Å². The number of anilines is 2. The number of nitrogens with one attached hydrogen (secondary N) is 3. The van der Waals surface area contributed by atoms with Crippen LogP contribution in [0.25, 0.3) is 0 Å². The number of carbonyl (C=O) groups excluding carboxylic acids is 3. The van der Waals surface area contributed by atoms with E-state index in [9.17, 15) is 22.8 Å². The van der Waals surface area contributed by atoms with Gasteiger partial charge in [-0.3, -0.25) is 14.9 Å². The molecular weight excluding hydrogens is 600 g/mol. The third-order valence-electron chi connectivity index (χ3n) is 7.47. The van der Waals surface area contributed by atoms with Crippen LogP contribution in [-0.4, -0.2) is 78.4 Å². The van der Waals surface area contributed by atoms with Crippen molar-refractivity contribution in [1.29, 1.82) is 0 Å². The molecule has 3 aromatic carbocycles. The minimum absolute atomic E-state index is 0.0156. The normalized spacial score (nSPS) is 14.6. The maximum Gasteiger partial charge on any atom is 0.411 e. The summed E-state index contributed by atoms with van der Waals surface area (Å²) in [5.74, 6) is 1.12. The molecule has 13 heteroatoms. The SMILES string of the molecule is COC(=O)Nc1ccc(S(C)(=O)=O)cc1.COc1ccc(C(Nc2ccc3c(c2)C(=O)NCC3)C(=O)N2CCCC2)cc1OC. The van der Waals surface area contributed by atoms with Crippen molar-refractivity contribution in [3.05, 3.63) is 77.4 Å². The highest BCUT2D eigenvalue weighted by Crippen LogP contribution is 2.33. The standard InChI is InChI=1S/C23H27N3O4.C9H11NO4S/c1-29-19-8-6-16(13-20(19)30-2)21(23(28)26-11-3-4-12-26)25-17-7-5-15-9-10-24-22(27)18(15)14-17;1-14-9(11)10-7-3-5-8(6-4-7)15(2,12)13/h5-8,13-14,21,25H,3-4,9-12H2,1-2H3,(H,24,27);3-6H,1-2H3,(H,10,11). The summed E-state index contributed by atoms with van der Waals surface area (Å²) < 4.78 is 37.4. The molecule has 0 bridgehead atoms. The molecule has 0 saturated carbocycles. The number of rotatable bonds is 8. The Morgan fingerprint density at radius 2 is 1.56 bits per heavy atom. The molecule has 2 aliphatic heterocycles. The zero-order valence-corrected chi connectivity index (χ0v) is 26.5. The first-order valence-electron chi connectivity index (χ1n) is 14.4. The number of likely N-dealkylation sites (tertiary alicyclic amines) is 1. The molecular formula is C32H38N4O8S. The number of hydrogen-bond acceptors (Lipinski definition) is 9. The Balaban J connectivity index is 0.000000259. The molecule has 12 nitrogen and oxygen atoms in total. The van der Waals surface area contributed by atoms with Crippen LogP contribution in [-0.2, 0) is 25.8 Å². The number of fused-ring (bicyclic) bond motifs is 1. The van der Waals surface area contributed by atoms with Gasteiger partial charge in [0.25, 0.3) is 5.91 Å². The zero-order chi connectivity index (χ0) is 32.6. The van der Waals surface area contributed by atoms with Gasteiger partial charge in [-0.05, 0) is 78.9 Å². The first-order valence-corrected chi connectivity index (χ1v) is 16.3. The van der Waals surface area contributed by atoms with Gasteiger partial charge in [0.1, 0.15) is 6.04 Å². The molecule has 1 fully saturated rings. The molecule has 1 unspecified atom stereocenters. The van der Waals surface area contributed by atoms with Crippen LogP contribution in [0.15, 0.2) is 65.6 Å². The van der Waals surface area contributed by atoms with Gasteiger partial charge in [0.15, 0.2) is 21.3 Å². The van der Waals surface area contributed by atoms with Crippen molar-refractivity contribution in [2.45, 2.75) is 30.2 Å². The largest absolute Gasteiger partial charge is 0.493 e. The van der Waals surface area contributed by atoms with E-state index in [2.05, 4.69) is 20.7 Å². The minimum Gasteiger partial charge on any atom is -0.493 e. The van der Waals surface area contributed by atoms with E-state index in [0.717, 1.165) is 55.4 Å². The van der Waals surface area contributed by atoms with Gasteiger partial charge in [-0.25, -0.2) is 13.2 Å². The summed E-state index contributed by atoms with van der Waals surface area (Å²) in [7, 11) is 1.21. The van der Waals surface area contributed by atoms with Crippen LogP contribution in [0.3, 0.4) is 0 Å². The Labute approximate surface area is 263 Å². The van der Waals surface area contributed by atoms with Crippen LogP contribution >= 0.6 is 0 Å². The van der Waals surface area contributed by atoms with Crippen molar-refractivity contribution < 1.29 is 37.0 Å². The molecule has 1 saturated heterocycles. The van der Waals surface area contributed by atoms with Crippen LogP contribution in [0.5, 0.6) is 11.5 Å². The number of hydrogen-bond donors (Lipinski definition) is 3. The molecule has 0 radical (unpaired) electrons. The second-order valence-corrected chi connectivity index (χ2v) is 12.5. The van der Waals surface area contributed by atoms with E-state index in [1.54, 1.807) is 20.3 Å². The summed E-state index contributed by atoms with van der Waals surface area (Å²) in [4.78, 5) is 38.5. The third kappa shape index (κ3) is 8.44. The van der Waals surface area contributed by atoms with Crippen molar-refractivity contribution >= 4 is 39.1 Å². The lowest BCUT2D eigenvalue weighted by Crippen LogP contribution is -2.36. The lowest BCUT2D eigenvalue weighted by atomic mass is 9.99. The maximum absolute atomic E-state index is 13.4. The third-order valence-corrected chi connectivity index (χ3v) is 8.59. The van der Waals surface area contributed by atoms with Crippen LogP contribution in [0.4, 0.5) is 16.2 Å². The predicted octanol–water partition coefficient (Wildman–Crippen LogP) is 4.03. The first-order chi connectivity index (χ1) is 21.5. The average Bonchev–Trinajstić information content (AvgIpc) is 3.59. The zero-order valence-electron chi connectivity index (χ0n) is 25.7. The topological polar surface area (TPSA) is 152 Å². The fourth-order valence-corrected chi connectivity index (χ4v) is 5.69. The smallest absolute Gasteiger partial charge is 0.411 e. The molecule has 45 heavy (non-hydrogen) atoms. The van der Waals surface area contributed by atoms with Crippen LogP contribution < -0.4 is 25.4 Å². The molecule has 2 aliphatic rings. The average molecular weight is 639 g/mol. The monoisotopic (exact) mass is 638 g/mol. The van der Waals surface area contributed by atoms with Gasteiger partial charge in [0, 0.05) is 42.8 Å². The summed E-state index contributed by atoms with van der Waals surface area (Å²) in [6, 6.07) is 16.5. The molecule has 240 valence electrons. The molecule has 3 amide bonds. The lowest BCUT2D eigenvalue weighted by molar-refractivity contribution is -0.131. The second-order valence-electron chi connectivity index (χ2n) is 10.5. The van der Waals surface area contributed by atoms with E-state index >= 15 is 0 Å². The van der Waals surface area contributed by atoms with E-state index in [-0.39, 0.29) is 16.7 Å². The van der Waals surface area contributed by atoms with Crippen molar-refractivity contribution in [2.24, 2.45) is 0 Å². The van der Waals surface area contributed by atoms with E-state index in [0.29, 0.717) is 29.3 Å². The first kappa shape index (κ1) is 33.1. The molecule has 5 rings (SSSR count). The van der Waals surface area contributed by atoms with Crippen molar-refractivity contribution in [2.75, 3.05) is 57.9 Å².